The third-order valence-corrected chi connectivity index (χ3v) is 2.06. The van der Waals surface area contributed by atoms with Crippen LogP contribution in [0.2, 0.25) is 0 Å². The molecule has 0 aliphatic rings. The summed E-state index contributed by atoms with van der Waals surface area (Å²) in [5.41, 5.74) is 5.39. The van der Waals surface area contributed by atoms with Crippen molar-refractivity contribution in [3.05, 3.63) is 24.2 Å². The van der Waals surface area contributed by atoms with Crippen LogP contribution in [0.5, 0.6) is 0 Å². The van der Waals surface area contributed by atoms with Gasteiger partial charge in [0.15, 0.2) is 0 Å². The Morgan fingerprint density at radius 2 is 2.53 bits per heavy atom. The highest BCUT2D eigenvalue weighted by Crippen LogP contribution is 2.09. The Hall–Kier alpha value is -1.49. The van der Waals surface area contributed by atoms with E-state index in [1.54, 1.807) is 6.26 Å². The number of furan rings is 1. The lowest BCUT2D eigenvalue weighted by atomic mass is 10.2. The van der Waals surface area contributed by atoms with E-state index < -0.39 is 0 Å². The predicted molar refractivity (Wildman–Crippen MR) is 55.6 cm³/mol. The average molecular weight is 212 g/mol. The molecule has 5 nitrogen and oxygen atoms in total. The molecular weight excluding hydrogens is 196 g/mol. The molecule has 0 amide bonds. The number of ether oxygens (including phenoxy) is 1. The van der Waals surface area contributed by atoms with E-state index in [9.17, 15) is 0 Å². The number of oxime groups is 1. The normalized spacial score (nSPS) is 14.1. The first kappa shape index (κ1) is 11.6. The fourth-order valence-electron chi connectivity index (χ4n) is 1.19. The van der Waals surface area contributed by atoms with E-state index >= 15 is 0 Å². The standard InChI is InChI=1S/C10H16N2O3/c1-2-8(6-10(11)12-13)15-7-9-4-3-5-14-9/h3-5,8,13H,2,6-7H2,1H3,(H2,11,12). The minimum Gasteiger partial charge on any atom is -0.467 e. The maximum atomic E-state index is 8.42. The molecule has 15 heavy (non-hydrogen) atoms. The molecule has 0 bridgehead atoms. The molecule has 0 spiro atoms. The fraction of sp³-hybridized carbons (Fsp3) is 0.500. The molecule has 0 saturated carbocycles. The van der Waals surface area contributed by atoms with E-state index in [-0.39, 0.29) is 11.9 Å². The highest BCUT2D eigenvalue weighted by Gasteiger charge is 2.10. The van der Waals surface area contributed by atoms with Gasteiger partial charge in [0.2, 0.25) is 0 Å². The SMILES string of the molecule is CCC(C/C(N)=N/O)OCc1ccco1. The van der Waals surface area contributed by atoms with Crippen LogP contribution in [0.25, 0.3) is 0 Å². The molecule has 1 aromatic rings. The summed E-state index contributed by atoms with van der Waals surface area (Å²) in [7, 11) is 0. The summed E-state index contributed by atoms with van der Waals surface area (Å²) < 4.78 is 10.7. The smallest absolute Gasteiger partial charge is 0.141 e. The zero-order valence-electron chi connectivity index (χ0n) is 8.72. The van der Waals surface area contributed by atoms with Crippen molar-refractivity contribution in [2.24, 2.45) is 10.9 Å². The van der Waals surface area contributed by atoms with Gasteiger partial charge in [-0.1, -0.05) is 12.1 Å². The fourth-order valence-corrected chi connectivity index (χ4v) is 1.19. The minimum atomic E-state index is -0.0500. The van der Waals surface area contributed by atoms with Gasteiger partial charge in [0.05, 0.1) is 12.4 Å². The summed E-state index contributed by atoms with van der Waals surface area (Å²) in [5, 5.41) is 11.3. The summed E-state index contributed by atoms with van der Waals surface area (Å²) >= 11 is 0. The monoisotopic (exact) mass is 212 g/mol. The second-order valence-corrected chi connectivity index (χ2v) is 3.22. The first-order valence-corrected chi connectivity index (χ1v) is 4.86. The van der Waals surface area contributed by atoms with Gasteiger partial charge in [0.25, 0.3) is 0 Å². The van der Waals surface area contributed by atoms with Gasteiger partial charge in [0.1, 0.15) is 18.2 Å². The Balaban J connectivity index is 2.34. The van der Waals surface area contributed by atoms with Crippen LogP contribution in [-0.2, 0) is 11.3 Å². The molecule has 1 heterocycles. The minimum absolute atomic E-state index is 0.0500. The van der Waals surface area contributed by atoms with Crippen molar-refractivity contribution in [2.45, 2.75) is 32.5 Å². The Bertz CT molecular complexity index is 296. The third kappa shape index (κ3) is 4.03. The molecule has 0 saturated heterocycles. The van der Waals surface area contributed by atoms with Gasteiger partial charge in [-0.05, 0) is 18.6 Å². The Kier molecular flexibility index (Phi) is 4.70. The van der Waals surface area contributed by atoms with Crippen molar-refractivity contribution in [2.75, 3.05) is 0 Å². The lowest BCUT2D eigenvalue weighted by molar-refractivity contribution is 0.0327. The number of hydrogen-bond donors (Lipinski definition) is 2. The largest absolute Gasteiger partial charge is 0.467 e. The number of rotatable bonds is 6. The van der Waals surface area contributed by atoms with Crippen molar-refractivity contribution in [3.8, 4) is 0 Å². The van der Waals surface area contributed by atoms with Gasteiger partial charge in [-0.2, -0.15) is 0 Å². The van der Waals surface area contributed by atoms with Gasteiger partial charge in [0, 0.05) is 6.42 Å². The lowest BCUT2D eigenvalue weighted by Crippen LogP contribution is -2.22. The zero-order valence-corrected chi connectivity index (χ0v) is 8.72. The Morgan fingerprint density at radius 1 is 1.73 bits per heavy atom. The van der Waals surface area contributed by atoms with Crippen molar-refractivity contribution < 1.29 is 14.4 Å². The molecule has 1 unspecified atom stereocenters. The molecule has 1 aromatic heterocycles. The van der Waals surface area contributed by atoms with Gasteiger partial charge < -0.3 is 20.1 Å². The average Bonchev–Trinajstić information content (AvgIpc) is 2.76. The number of hydrogen-bond acceptors (Lipinski definition) is 4. The summed E-state index contributed by atoms with van der Waals surface area (Å²) in [6.07, 6.45) is 2.78. The summed E-state index contributed by atoms with van der Waals surface area (Å²) in [4.78, 5) is 0. The molecule has 0 radical (unpaired) electrons. The Morgan fingerprint density at radius 3 is 3.07 bits per heavy atom. The van der Waals surface area contributed by atoms with Crippen LogP contribution in [0.1, 0.15) is 25.5 Å². The molecule has 0 fully saturated rings. The zero-order chi connectivity index (χ0) is 11.1. The van der Waals surface area contributed by atoms with Crippen molar-refractivity contribution in [1.82, 2.24) is 0 Å². The second-order valence-electron chi connectivity index (χ2n) is 3.22. The number of nitrogens with zero attached hydrogens (tertiary/aromatic N) is 1. The van der Waals surface area contributed by atoms with Gasteiger partial charge in [-0.25, -0.2) is 0 Å². The van der Waals surface area contributed by atoms with Crippen LogP contribution in [0.4, 0.5) is 0 Å². The van der Waals surface area contributed by atoms with Crippen LogP contribution in [0.3, 0.4) is 0 Å². The van der Waals surface area contributed by atoms with Crippen LogP contribution >= 0.6 is 0 Å². The van der Waals surface area contributed by atoms with Crippen LogP contribution in [0, 0.1) is 0 Å². The summed E-state index contributed by atoms with van der Waals surface area (Å²) in [5.74, 6) is 0.953. The van der Waals surface area contributed by atoms with Crippen LogP contribution in [0.15, 0.2) is 28.0 Å². The van der Waals surface area contributed by atoms with E-state index in [0.717, 1.165) is 12.2 Å². The molecule has 0 aliphatic heterocycles. The number of amidine groups is 1. The highest BCUT2D eigenvalue weighted by atomic mass is 16.5. The Labute approximate surface area is 88.5 Å². The van der Waals surface area contributed by atoms with E-state index in [2.05, 4.69) is 5.16 Å². The quantitative estimate of drug-likeness (QED) is 0.325. The van der Waals surface area contributed by atoms with Crippen molar-refractivity contribution >= 4 is 5.84 Å². The topological polar surface area (TPSA) is 81.0 Å². The molecule has 84 valence electrons. The first-order valence-electron chi connectivity index (χ1n) is 4.86. The summed E-state index contributed by atoms with van der Waals surface area (Å²) in [6.45, 7) is 2.39. The molecule has 0 aliphatic carbocycles. The van der Waals surface area contributed by atoms with E-state index in [4.69, 9.17) is 20.1 Å². The van der Waals surface area contributed by atoms with Gasteiger partial charge in [-0.3, -0.25) is 0 Å². The molecular formula is C10H16N2O3. The van der Waals surface area contributed by atoms with E-state index in [0.29, 0.717) is 13.0 Å². The molecule has 0 aromatic carbocycles. The van der Waals surface area contributed by atoms with Gasteiger partial charge in [-0.15, -0.1) is 0 Å². The lowest BCUT2D eigenvalue weighted by Gasteiger charge is -2.14. The first-order chi connectivity index (χ1) is 7.26. The van der Waals surface area contributed by atoms with Crippen molar-refractivity contribution in [1.29, 1.82) is 0 Å². The molecule has 1 rings (SSSR count). The summed E-state index contributed by atoms with van der Waals surface area (Å²) in [6, 6.07) is 3.65. The number of nitrogens with two attached hydrogens (primary N) is 1. The maximum absolute atomic E-state index is 8.42. The molecule has 5 heteroatoms. The van der Waals surface area contributed by atoms with E-state index in [1.807, 2.05) is 19.1 Å². The molecule has 3 N–H and O–H groups in total. The third-order valence-electron chi connectivity index (χ3n) is 2.06. The maximum Gasteiger partial charge on any atom is 0.141 e. The van der Waals surface area contributed by atoms with Gasteiger partial charge >= 0.3 is 0 Å². The highest BCUT2D eigenvalue weighted by molar-refractivity contribution is 5.80. The van der Waals surface area contributed by atoms with Crippen LogP contribution < -0.4 is 5.73 Å². The predicted octanol–water partition coefficient (Wildman–Crippen LogP) is 1.71. The second kappa shape index (κ2) is 6.08. The van der Waals surface area contributed by atoms with Crippen LogP contribution in [-0.4, -0.2) is 17.1 Å². The van der Waals surface area contributed by atoms with Crippen molar-refractivity contribution in [3.63, 3.8) is 0 Å². The van der Waals surface area contributed by atoms with E-state index in [1.165, 1.54) is 0 Å². The molecule has 1 atom stereocenters.